The van der Waals surface area contributed by atoms with E-state index in [1.165, 1.54) is 0 Å². The van der Waals surface area contributed by atoms with Crippen LogP contribution in [-0.4, -0.2) is 46.3 Å². The summed E-state index contributed by atoms with van der Waals surface area (Å²) >= 11 is 19.1. The molecule has 0 bridgehead atoms. The van der Waals surface area contributed by atoms with Gasteiger partial charge in [0.25, 0.3) is 5.91 Å². The summed E-state index contributed by atoms with van der Waals surface area (Å²) in [5, 5.41) is 3.19. The predicted octanol–water partition coefficient (Wildman–Crippen LogP) is 2.65. The summed E-state index contributed by atoms with van der Waals surface area (Å²) in [4.78, 5) is 12.2. The summed E-state index contributed by atoms with van der Waals surface area (Å²) in [6.07, 6.45) is 3.79. The van der Waals surface area contributed by atoms with Crippen molar-refractivity contribution in [2.45, 2.75) is 35.4 Å². The second kappa shape index (κ2) is 4.44. The fourth-order valence-corrected chi connectivity index (χ4v) is 4.24. The third-order valence-electron chi connectivity index (χ3n) is 3.97. The van der Waals surface area contributed by atoms with Gasteiger partial charge in [0.2, 0.25) is 4.33 Å². The van der Waals surface area contributed by atoms with E-state index in [0.717, 1.165) is 25.7 Å². The van der Waals surface area contributed by atoms with Crippen molar-refractivity contribution in [3.63, 3.8) is 0 Å². The van der Waals surface area contributed by atoms with Gasteiger partial charge in [0, 0.05) is 31.4 Å². The van der Waals surface area contributed by atoms with Gasteiger partial charge >= 0.3 is 0 Å². The van der Waals surface area contributed by atoms with Crippen LogP contribution in [0.2, 0.25) is 0 Å². The maximum absolute atomic E-state index is 12.2. The standard InChI is InChI=1S/C11H17Cl3N2O/c1-15(2)16-7-10(11(13,14)9(16)17)6-4-3-5-8(10)12/h8H,3-7H2,1-2H3. The maximum Gasteiger partial charge on any atom is 0.273 e. The zero-order valence-corrected chi connectivity index (χ0v) is 12.3. The van der Waals surface area contributed by atoms with Crippen molar-refractivity contribution in [1.82, 2.24) is 10.0 Å². The van der Waals surface area contributed by atoms with Crippen molar-refractivity contribution in [3.8, 4) is 0 Å². The van der Waals surface area contributed by atoms with E-state index in [1.54, 1.807) is 10.0 Å². The lowest BCUT2D eigenvalue weighted by Gasteiger charge is -2.42. The molecule has 0 N–H and O–H groups in total. The third-order valence-corrected chi connectivity index (χ3v) is 5.69. The SMILES string of the molecule is CN(C)N1CC2(CCCCC2Cl)C(Cl)(Cl)C1=O. The minimum Gasteiger partial charge on any atom is -0.272 e. The Morgan fingerprint density at radius 1 is 1.35 bits per heavy atom. The highest BCUT2D eigenvalue weighted by Crippen LogP contribution is 2.57. The Labute approximate surface area is 117 Å². The molecule has 2 rings (SSSR count). The van der Waals surface area contributed by atoms with E-state index in [4.69, 9.17) is 34.8 Å². The molecule has 2 fully saturated rings. The molecule has 0 radical (unpaired) electrons. The lowest BCUT2D eigenvalue weighted by atomic mass is 9.72. The first-order chi connectivity index (χ1) is 7.83. The predicted molar refractivity (Wildman–Crippen MR) is 70.4 cm³/mol. The highest BCUT2D eigenvalue weighted by molar-refractivity contribution is 6.59. The smallest absolute Gasteiger partial charge is 0.272 e. The van der Waals surface area contributed by atoms with Crippen molar-refractivity contribution in [2.75, 3.05) is 20.6 Å². The number of hydrazine groups is 1. The van der Waals surface area contributed by atoms with Crippen LogP contribution in [0.5, 0.6) is 0 Å². The number of carbonyl (C=O) groups is 1. The summed E-state index contributed by atoms with van der Waals surface area (Å²) in [5.74, 6) is -0.251. The van der Waals surface area contributed by atoms with Gasteiger partial charge in [0.1, 0.15) is 0 Å². The Hall–Kier alpha value is 0.300. The first kappa shape index (κ1) is 13.7. The summed E-state index contributed by atoms with van der Waals surface area (Å²) < 4.78 is -1.40. The van der Waals surface area contributed by atoms with E-state index in [9.17, 15) is 4.79 Å². The van der Waals surface area contributed by atoms with E-state index < -0.39 is 9.75 Å². The van der Waals surface area contributed by atoms with Gasteiger partial charge in [0.15, 0.2) is 0 Å². The molecule has 2 unspecified atom stereocenters. The molecule has 0 aromatic rings. The molecular formula is C11H17Cl3N2O. The Kier molecular flexibility index (Phi) is 3.59. The maximum atomic E-state index is 12.2. The van der Waals surface area contributed by atoms with Crippen molar-refractivity contribution < 1.29 is 4.79 Å². The van der Waals surface area contributed by atoms with Crippen LogP contribution in [0.15, 0.2) is 0 Å². The van der Waals surface area contributed by atoms with Gasteiger partial charge < -0.3 is 0 Å². The molecule has 1 saturated heterocycles. The number of carbonyl (C=O) groups excluding carboxylic acids is 1. The summed E-state index contributed by atoms with van der Waals surface area (Å²) in [6.45, 7) is 0.514. The Bertz CT molecular complexity index is 335. The number of hydrogen-bond acceptors (Lipinski definition) is 2. The fraction of sp³-hybridized carbons (Fsp3) is 0.909. The average Bonchev–Trinajstić information content (AvgIpc) is 2.45. The minimum atomic E-state index is -1.40. The van der Waals surface area contributed by atoms with Gasteiger partial charge in [-0.2, -0.15) is 0 Å². The molecule has 2 atom stereocenters. The van der Waals surface area contributed by atoms with Gasteiger partial charge in [-0.25, -0.2) is 5.01 Å². The average molecular weight is 300 g/mol. The highest BCUT2D eigenvalue weighted by atomic mass is 35.5. The third kappa shape index (κ3) is 1.86. The van der Waals surface area contributed by atoms with E-state index >= 15 is 0 Å². The van der Waals surface area contributed by atoms with Crippen LogP contribution in [0, 0.1) is 5.41 Å². The van der Waals surface area contributed by atoms with Crippen molar-refractivity contribution in [3.05, 3.63) is 0 Å². The monoisotopic (exact) mass is 298 g/mol. The molecule has 1 amide bonds. The quantitative estimate of drug-likeness (QED) is 0.695. The lowest BCUT2D eigenvalue weighted by molar-refractivity contribution is -0.139. The van der Waals surface area contributed by atoms with Crippen LogP contribution >= 0.6 is 34.8 Å². The highest BCUT2D eigenvalue weighted by Gasteiger charge is 2.66. The molecule has 3 nitrogen and oxygen atoms in total. The summed E-state index contributed by atoms with van der Waals surface area (Å²) in [5.41, 5.74) is -0.517. The first-order valence-electron chi connectivity index (χ1n) is 5.84. The fourth-order valence-electron chi connectivity index (χ4n) is 2.87. The van der Waals surface area contributed by atoms with E-state index in [1.807, 2.05) is 14.1 Å². The van der Waals surface area contributed by atoms with E-state index in [0.29, 0.717) is 6.54 Å². The van der Waals surface area contributed by atoms with Crippen molar-refractivity contribution in [2.24, 2.45) is 5.41 Å². The Balaban J connectivity index is 2.37. The van der Waals surface area contributed by atoms with Crippen molar-refractivity contribution in [1.29, 1.82) is 0 Å². The molecule has 1 aliphatic carbocycles. The number of hydrogen-bond donors (Lipinski definition) is 0. The summed E-state index contributed by atoms with van der Waals surface area (Å²) in [6, 6.07) is 0. The zero-order chi connectivity index (χ0) is 12.8. The lowest BCUT2D eigenvalue weighted by Crippen LogP contribution is -2.48. The number of halogens is 3. The van der Waals surface area contributed by atoms with Crippen molar-refractivity contribution >= 4 is 40.7 Å². The van der Waals surface area contributed by atoms with Crippen LogP contribution in [0.4, 0.5) is 0 Å². The molecule has 1 spiro atoms. The molecule has 17 heavy (non-hydrogen) atoms. The molecule has 6 heteroatoms. The van der Waals surface area contributed by atoms with Crippen LogP contribution in [0.25, 0.3) is 0 Å². The summed E-state index contributed by atoms with van der Waals surface area (Å²) in [7, 11) is 3.62. The van der Waals surface area contributed by atoms with Crippen LogP contribution < -0.4 is 0 Å². The number of nitrogens with zero attached hydrogens (tertiary/aromatic N) is 2. The first-order valence-corrected chi connectivity index (χ1v) is 7.03. The number of rotatable bonds is 1. The van der Waals surface area contributed by atoms with Gasteiger partial charge in [-0.1, -0.05) is 36.0 Å². The number of amides is 1. The molecule has 1 heterocycles. The van der Waals surface area contributed by atoms with Crippen LogP contribution in [-0.2, 0) is 4.79 Å². The minimum absolute atomic E-state index is 0.139. The normalized spacial score (nSPS) is 37.2. The topological polar surface area (TPSA) is 23.6 Å². The molecule has 0 aromatic carbocycles. The van der Waals surface area contributed by atoms with Gasteiger partial charge in [-0.3, -0.25) is 9.80 Å². The number of alkyl halides is 3. The van der Waals surface area contributed by atoms with Crippen LogP contribution in [0.1, 0.15) is 25.7 Å². The molecule has 1 aliphatic heterocycles. The second-order valence-corrected chi connectivity index (χ2v) is 7.01. The van der Waals surface area contributed by atoms with Gasteiger partial charge in [-0.15, -0.1) is 11.6 Å². The second-order valence-electron chi connectivity index (χ2n) is 5.15. The zero-order valence-electron chi connectivity index (χ0n) is 10.0. The molecular weight excluding hydrogens is 282 g/mol. The molecule has 2 aliphatic rings. The van der Waals surface area contributed by atoms with Gasteiger partial charge in [-0.05, 0) is 12.8 Å². The van der Waals surface area contributed by atoms with Crippen LogP contribution in [0.3, 0.4) is 0 Å². The molecule has 98 valence electrons. The Morgan fingerprint density at radius 2 is 2.00 bits per heavy atom. The largest absolute Gasteiger partial charge is 0.273 e. The van der Waals surface area contributed by atoms with E-state index in [-0.39, 0.29) is 11.3 Å². The van der Waals surface area contributed by atoms with E-state index in [2.05, 4.69) is 0 Å². The van der Waals surface area contributed by atoms with Gasteiger partial charge in [0.05, 0.1) is 0 Å². The molecule has 0 aromatic heterocycles. The molecule has 1 saturated carbocycles. The Morgan fingerprint density at radius 3 is 2.47 bits per heavy atom.